The number of hydrogen-bond acceptors (Lipinski definition) is 9. The lowest BCUT2D eigenvalue weighted by atomic mass is 9.88. The lowest BCUT2D eigenvalue weighted by molar-refractivity contribution is -0.152. The maximum Gasteiger partial charge on any atom is 0.409 e. The van der Waals surface area contributed by atoms with Crippen LogP contribution in [-0.4, -0.2) is 89.5 Å². The van der Waals surface area contributed by atoms with E-state index in [1.807, 2.05) is 32.9 Å². The summed E-state index contributed by atoms with van der Waals surface area (Å²) in [5.41, 5.74) is -0.652. The van der Waals surface area contributed by atoms with Crippen LogP contribution in [0.15, 0.2) is 36.0 Å². The summed E-state index contributed by atoms with van der Waals surface area (Å²) in [6.45, 7) is 12.9. The van der Waals surface area contributed by atoms with Crippen LogP contribution in [0.25, 0.3) is 0 Å². The molecule has 0 aromatic carbocycles. The van der Waals surface area contributed by atoms with Crippen molar-refractivity contribution >= 4 is 18.0 Å². The number of hydrogen-bond donors (Lipinski definition) is 2. The van der Waals surface area contributed by atoms with Gasteiger partial charge in [0, 0.05) is 32.9 Å². The third kappa shape index (κ3) is 11.7. The minimum Gasteiger partial charge on any atom is -0.462 e. The molecule has 0 spiro atoms. The lowest BCUT2D eigenvalue weighted by Gasteiger charge is -2.33. The van der Waals surface area contributed by atoms with E-state index in [2.05, 4.69) is 19.9 Å². The van der Waals surface area contributed by atoms with Crippen LogP contribution in [0, 0.1) is 17.8 Å². The topological polar surface area (TPSA) is 135 Å². The van der Waals surface area contributed by atoms with E-state index in [0.29, 0.717) is 0 Å². The van der Waals surface area contributed by atoms with E-state index >= 15 is 0 Å². The number of amides is 1. The van der Waals surface area contributed by atoms with Gasteiger partial charge in [-0.1, -0.05) is 52.0 Å². The van der Waals surface area contributed by atoms with Gasteiger partial charge in [0.25, 0.3) is 0 Å². The molecule has 10 unspecified atom stereocenters. The fourth-order valence-corrected chi connectivity index (χ4v) is 5.40. The lowest BCUT2D eigenvalue weighted by Crippen LogP contribution is -2.44. The fourth-order valence-electron chi connectivity index (χ4n) is 5.40. The number of rotatable bonds is 10. The van der Waals surface area contributed by atoms with E-state index in [1.165, 1.54) is 11.8 Å². The highest BCUT2D eigenvalue weighted by Crippen LogP contribution is 2.37. The van der Waals surface area contributed by atoms with Crippen molar-refractivity contribution in [3.8, 4) is 0 Å². The third-order valence-electron chi connectivity index (χ3n) is 8.22. The molecule has 1 amide bonds. The molecule has 10 heteroatoms. The maximum absolute atomic E-state index is 12.7. The van der Waals surface area contributed by atoms with Gasteiger partial charge in [0.05, 0.1) is 24.7 Å². The smallest absolute Gasteiger partial charge is 0.409 e. The summed E-state index contributed by atoms with van der Waals surface area (Å²) in [6, 6.07) is 0. The standard InChI is InChI=1S/C33H53NO9/c1-10-26(40-24(6)35)23(5)31-27(41-31)18-20(2)12-11-13-21(3)30-22(4)14-15-28(42-32(38)34(8)9)33(7,39)17-16-25(36)19-29(37)43-30/h11-15,20,22-23,25-28,30-31,36,39H,10,16-19H2,1-9H3/b12-11+,15-14+,21-13+. The molecule has 10 atom stereocenters. The van der Waals surface area contributed by atoms with Gasteiger partial charge in [-0.05, 0) is 57.1 Å². The van der Waals surface area contributed by atoms with Gasteiger partial charge in [0.15, 0.2) is 6.10 Å². The zero-order chi connectivity index (χ0) is 32.5. The van der Waals surface area contributed by atoms with Crippen LogP contribution in [0.3, 0.4) is 0 Å². The summed E-state index contributed by atoms with van der Waals surface area (Å²) in [4.78, 5) is 37.7. The van der Waals surface area contributed by atoms with Gasteiger partial charge in [0.2, 0.25) is 0 Å². The minimum absolute atomic E-state index is 0.0673. The molecular weight excluding hydrogens is 554 g/mol. The number of ether oxygens (including phenoxy) is 4. The number of carbonyl (C=O) groups is 3. The zero-order valence-corrected chi connectivity index (χ0v) is 27.3. The van der Waals surface area contributed by atoms with Crippen molar-refractivity contribution < 1.29 is 43.5 Å². The van der Waals surface area contributed by atoms with Crippen LogP contribution in [0.1, 0.15) is 80.6 Å². The van der Waals surface area contributed by atoms with Crippen LogP contribution >= 0.6 is 0 Å². The second kappa shape index (κ2) is 16.4. The van der Waals surface area contributed by atoms with Crippen molar-refractivity contribution in [3.05, 3.63) is 36.0 Å². The number of carbonyl (C=O) groups excluding carboxylic acids is 3. The Morgan fingerprint density at radius 2 is 1.91 bits per heavy atom. The monoisotopic (exact) mass is 607 g/mol. The van der Waals surface area contributed by atoms with Gasteiger partial charge >= 0.3 is 18.0 Å². The first-order valence-corrected chi connectivity index (χ1v) is 15.4. The number of aliphatic hydroxyl groups excluding tert-OH is 1. The number of esters is 2. The zero-order valence-electron chi connectivity index (χ0n) is 27.3. The average molecular weight is 608 g/mol. The van der Waals surface area contributed by atoms with Crippen molar-refractivity contribution in [3.63, 3.8) is 0 Å². The van der Waals surface area contributed by atoms with E-state index < -0.39 is 36.0 Å². The summed E-state index contributed by atoms with van der Waals surface area (Å²) in [5, 5.41) is 21.6. The van der Waals surface area contributed by atoms with Crippen molar-refractivity contribution in [2.24, 2.45) is 17.8 Å². The van der Waals surface area contributed by atoms with Gasteiger partial charge in [-0.15, -0.1) is 0 Å². The Morgan fingerprint density at radius 1 is 1.23 bits per heavy atom. The molecule has 2 aliphatic rings. The SMILES string of the molecule is CCC(OC(C)=O)C(C)C1OC1CC(C)/C=C/C=C(\C)C1OC(=O)CC(O)CCC(C)(O)C(OC(=O)N(C)C)/C=C/C1C. The van der Waals surface area contributed by atoms with Crippen LogP contribution in [0.5, 0.6) is 0 Å². The molecule has 1 saturated heterocycles. The highest BCUT2D eigenvalue weighted by molar-refractivity contribution is 5.70. The first-order chi connectivity index (χ1) is 20.0. The molecule has 0 bridgehead atoms. The predicted octanol–water partition coefficient (Wildman–Crippen LogP) is 4.73. The molecule has 2 rings (SSSR count). The van der Waals surface area contributed by atoms with Crippen LogP contribution in [0.2, 0.25) is 0 Å². The maximum atomic E-state index is 12.7. The quantitative estimate of drug-likeness (QED) is 0.119. The molecule has 2 aliphatic heterocycles. The molecule has 0 aromatic heterocycles. The Balaban J connectivity index is 2.13. The molecule has 2 N–H and O–H groups in total. The molecule has 43 heavy (non-hydrogen) atoms. The molecule has 0 aliphatic carbocycles. The number of allylic oxidation sites excluding steroid dienone is 3. The normalized spacial score (nSPS) is 33.3. The Hall–Kier alpha value is -2.69. The van der Waals surface area contributed by atoms with E-state index in [1.54, 1.807) is 33.2 Å². The Labute approximate surface area is 257 Å². The summed E-state index contributed by atoms with van der Waals surface area (Å²) in [6.07, 6.45) is 7.78. The third-order valence-corrected chi connectivity index (χ3v) is 8.22. The van der Waals surface area contributed by atoms with E-state index in [9.17, 15) is 24.6 Å². The highest BCUT2D eigenvalue weighted by atomic mass is 16.6. The first kappa shape index (κ1) is 36.5. The number of nitrogens with zero attached hydrogens (tertiary/aromatic N) is 1. The highest BCUT2D eigenvalue weighted by Gasteiger charge is 2.46. The van der Waals surface area contributed by atoms with E-state index in [-0.39, 0.29) is 61.3 Å². The molecule has 244 valence electrons. The van der Waals surface area contributed by atoms with E-state index in [0.717, 1.165) is 18.4 Å². The number of cyclic esters (lactones) is 1. The van der Waals surface area contributed by atoms with Crippen molar-refractivity contribution in [1.82, 2.24) is 4.90 Å². The van der Waals surface area contributed by atoms with Crippen LogP contribution < -0.4 is 0 Å². The van der Waals surface area contributed by atoms with Gasteiger partial charge in [-0.2, -0.15) is 0 Å². The van der Waals surface area contributed by atoms with E-state index in [4.69, 9.17) is 18.9 Å². The second-order valence-corrected chi connectivity index (χ2v) is 12.7. The van der Waals surface area contributed by atoms with Gasteiger partial charge in [0.1, 0.15) is 17.8 Å². The number of epoxide rings is 1. The summed E-state index contributed by atoms with van der Waals surface area (Å²) in [7, 11) is 3.12. The predicted molar refractivity (Wildman–Crippen MR) is 163 cm³/mol. The largest absolute Gasteiger partial charge is 0.462 e. The van der Waals surface area contributed by atoms with Gasteiger partial charge in [-0.25, -0.2) is 4.79 Å². The molecule has 0 saturated carbocycles. The summed E-state index contributed by atoms with van der Waals surface area (Å²) >= 11 is 0. The molecule has 0 aromatic rings. The van der Waals surface area contributed by atoms with Crippen molar-refractivity contribution in [2.45, 2.75) is 123 Å². The summed E-state index contributed by atoms with van der Waals surface area (Å²) < 4.78 is 22.7. The van der Waals surface area contributed by atoms with Crippen molar-refractivity contribution in [2.75, 3.05) is 14.1 Å². The Morgan fingerprint density at radius 3 is 2.51 bits per heavy atom. The molecular formula is C33H53NO9. The second-order valence-electron chi connectivity index (χ2n) is 12.7. The first-order valence-electron chi connectivity index (χ1n) is 15.4. The van der Waals surface area contributed by atoms with Crippen molar-refractivity contribution in [1.29, 1.82) is 0 Å². The molecule has 10 nitrogen and oxygen atoms in total. The molecule has 0 radical (unpaired) electrons. The minimum atomic E-state index is -1.45. The van der Waals surface area contributed by atoms with Gasteiger partial charge in [-0.3, -0.25) is 9.59 Å². The Bertz CT molecular complexity index is 1030. The average Bonchev–Trinajstić information content (AvgIpc) is 3.68. The number of aliphatic hydroxyl groups is 2. The fraction of sp³-hybridized carbons (Fsp3) is 0.727. The van der Waals surface area contributed by atoms with Crippen LogP contribution in [-0.2, 0) is 28.5 Å². The summed E-state index contributed by atoms with van der Waals surface area (Å²) in [5.74, 6) is -0.771. The molecule has 2 heterocycles. The Kier molecular flexibility index (Phi) is 13.9. The van der Waals surface area contributed by atoms with Crippen LogP contribution in [0.4, 0.5) is 4.79 Å². The van der Waals surface area contributed by atoms with Gasteiger partial charge < -0.3 is 34.1 Å². The molecule has 1 fully saturated rings.